The number of hydrogen-bond donors (Lipinski definition) is 0. The zero-order valence-corrected chi connectivity index (χ0v) is 16.0. The van der Waals surface area contributed by atoms with Crippen LogP contribution in [-0.4, -0.2) is 35.8 Å². The molecule has 2 heterocycles. The molecule has 0 saturated carbocycles. The molecule has 2 aromatic rings. The summed E-state index contributed by atoms with van der Waals surface area (Å²) in [5.41, 5.74) is 1.72. The molecule has 1 aliphatic heterocycles. The molecule has 1 atom stereocenters. The van der Waals surface area contributed by atoms with Gasteiger partial charge in [-0.15, -0.1) is 11.3 Å². The third-order valence-corrected chi connectivity index (χ3v) is 6.05. The summed E-state index contributed by atoms with van der Waals surface area (Å²) in [6.45, 7) is 3.42. The average Bonchev–Trinajstić information content (AvgIpc) is 3.06. The Balaban J connectivity index is 1.68. The Bertz CT molecular complexity index is 743. The minimum atomic E-state index is -0.334. The van der Waals surface area contributed by atoms with Crippen LogP contribution in [-0.2, 0) is 17.8 Å². The summed E-state index contributed by atoms with van der Waals surface area (Å²) in [4.78, 5) is 18.0. The monoisotopic (exact) mass is 380 g/mol. The van der Waals surface area contributed by atoms with Crippen molar-refractivity contribution in [1.82, 2.24) is 9.80 Å². The van der Waals surface area contributed by atoms with Crippen LogP contribution in [0.25, 0.3) is 0 Å². The van der Waals surface area contributed by atoms with Crippen molar-refractivity contribution >= 4 is 28.8 Å². The molecule has 0 N–H and O–H groups in total. The number of fused-ring (bicyclic) bond motifs is 1. The van der Waals surface area contributed by atoms with Crippen molar-refractivity contribution in [2.24, 2.45) is 0 Å². The van der Waals surface area contributed by atoms with Crippen molar-refractivity contribution < 1.29 is 9.18 Å². The molecule has 1 amide bonds. The van der Waals surface area contributed by atoms with Crippen LogP contribution in [0.5, 0.6) is 0 Å². The minimum Gasteiger partial charge on any atom is -0.334 e. The number of amides is 1. The Morgan fingerprint density at radius 2 is 2.24 bits per heavy atom. The molecule has 0 aliphatic carbocycles. The predicted octanol–water partition coefficient (Wildman–Crippen LogP) is 4.51. The van der Waals surface area contributed by atoms with Crippen molar-refractivity contribution in [2.45, 2.75) is 32.4 Å². The van der Waals surface area contributed by atoms with Gasteiger partial charge in [-0.25, -0.2) is 4.39 Å². The summed E-state index contributed by atoms with van der Waals surface area (Å²) in [5, 5.41) is 2.50. The molecule has 3 nitrogen and oxygen atoms in total. The molecule has 25 heavy (non-hydrogen) atoms. The van der Waals surface area contributed by atoms with Gasteiger partial charge in [0.25, 0.3) is 0 Å². The Hall–Kier alpha value is -1.43. The summed E-state index contributed by atoms with van der Waals surface area (Å²) in [7, 11) is 1.82. The van der Waals surface area contributed by atoms with Gasteiger partial charge in [-0.1, -0.05) is 24.6 Å². The van der Waals surface area contributed by atoms with E-state index in [2.05, 4.69) is 18.4 Å². The fourth-order valence-electron chi connectivity index (χ4n) is 3.47. The van der Waals surface area contributed by atoms with Crippen LogP contribution in [0.1, 0.15) is 35.4 Å². The topological polar surface area (TPSA) is 23.6 Å². The lowest BCUT2D eigenvalue weighted by atomic mass is 9.97. The van der Waals surface area contributed by atoms with Gasteiger partial charge < -0.3 is 4.90 Å². The molecule has 0 fully saturated rings. The number of thiophene rings is 1. The summed E-state index contributed by atoms with van der Waals surface area (Å²) in [5.74, 6) is -0.252. The first kappa shape index (κ1) is 18.4. The number of rotatable bonds is 5. The number of carbonyl (C=O) groups excluding carboxylic acids is 1. The first-order valence-corrected chi connectivity index (χ1v) is 9.74. The highest BCUT2D eigenvalue weighted by Crippen LogP contribution is 2.35. The number of benzene rings is 1. The third kappa shape index (κ3) is 3.89. The van der Waals surface area contributed by atoms with Crippen molar-refractivity contribution in [2.75, 3.05) is 20.1 Å². The number of carbonyl (C=O) groups is 1. The predicted molar refractivity (Wildman–Crippen MR) is 101 cm³/mol. The lowest BCUT2D eigenvalue weighted by molar-refractivity contribution is -0.135. The first-order valence-electron chi connectivity index (χ1n) is 8.48. The van der Waals surface area contributed by atoms with Gasteiger partial charge >= 0.3 is 0 Å². The molecule has 6 heteroatoms. The van der Waals surface area contributed by atoms with E-state index < -0.39 is 0 Å². The van der Waals surface area contributed by atoms with E-state index in [1.165, 1.54) is 16.5 Å². The molecule has 1 aromatic carbocycles. The lowest BCUT2D eigenvalue weighted by Crippen LogP contribution is -2.44. The fraction of sp³-hybridized carbons (Fsp3) is 0.421. The van der Waals surface area contributed by atoms with Gasteiger partial charge in [-0.3, -0.25) is 9.69 Å². The molecular formula is C19H22ClFN2OS. The van der Waals surface area contributed by atoms with Gasteiger partial charge in [0.05, 0.1) is 12.6 Å². The summed E-state index contributed by atoms with van der Waals surface area (Å²) in [6.07, 6.45) is 1.82. The van der Waals surface area contributed by atoms with Crippen molar-refractivity contribution in [3.63, 3.8) is 0 Å². The zero-order chi connectivity index (χ0) is 18.0. The van der Waals surface area contributed by atoms with E-state index in [-0.39, 0.29) is 24.3 Å². The number of halogens is 2. The van der Waals surface area contributed by atoms with Crippen LogP contribution >= 0.6 is 22.9 Å². The molecule has 0 saturated heterocycles. The van der Waals surface area contributed by atoms with Gasteiger partial charge in [-0.05, 0) is 49.0 Å². The lowest BCUT2D eigenvalue weighted by Gasteiger charge is -2.36. The van der Waals surface area contributed by atoms with Crippen molar-refractivity contribution in [1.29, 1.82) is 0 Å². The molecule has 3 rings (SSSR count). The van der Waals surface area contributed by atoms with Crippen LogP contribution in [0.15, 0.2) is 29.6 Å². The van der Waals surface area contributed by atoms with E-state index in [0.717, 1.165) is 19.4 Å². The Labute approximate surface area is 157 Å². The Kier molecular flexibility index (Phi) is 5.77. The van der Waals surface area contributed by atoms with Gasteiger partial charge in [0.1, 0.15) is 5.82 Å². The maximum Gasteiger partial charge on any atom is 0.237 e. The zero-order valence-electron chi connectivity index (χ0n) is 14.5. The molecule has 134 valence electrons. The summed E-state index contributed by atoms with van der Waals surface area (Å²) < 4.78 is 13.9. The fourth-order valence-corrected chi connectivity index (χ4v) is 4.62. The Morgan fingerprint density at radius 1 is 1.44 bits per heavy atom. The van der Waals surface area contributed by atoms with E-state index in [0.29, 0.717) is 17.1 Å². The van der Waals surface area contributed by atoms with Gasteiger partial charge in [0.15, 0.2) is 0 Å². The molecule has 1 aromatic heterocycles. The van der Waals surface area contributed by atoms with Crippen LogP contribution in [0.2, 0.25) is 5.02 Å². The molecule has 0 spiro atoms. The summed E-state index contributed by atoms with van der Waals surface area (Å²) in [6, 6.07) is 6.94. The van der Waals surface area contributed by atoms with E-state index >= 15 is 0 Å². The standard InChI is InChI=1S/C19H22ClFN2OS/c1-3-17-13-8-10-25-18(13)7-9-23(17)19(24)12-22(2)11-14-15(20)5-4-6-16(14)21/h4-6,8,10,17H,3,7,9,11-12H2,1-2H3. The highest BCUT2D eigenvalue weighted by Gasteiger charge is 2.30. The van der Waals surface area contributed by atoms with E-state index in [9.17, 15) is 9.18 Å². The number of likely N-dealkylation sites (N-methyl/N-ethyl adjacent to an activating group) is 1. The molecule has 1 unspecified atom stereocenters. The highest BCUT2D eigenvalue weighted by atomic mass is 35.5. The van der Waals surface area contributed by atoms with Gasteiger partial charge in [0.2, 0.25) is 5.91 Å². The molecule has 0 radical (unpaired) electrons. The minimum absolute atomic E-state index is 0.0821. The van der Waals surface area contributed by atoms with Gasteiger partial charge in [0, 0.05) is 28.6 Å². The van der Waals surface area contributed by atoms with E-state index in [4.69, 9.17) is 11.6 Å². The summed E-state index contributed by atoms with van der Waals surface area (Å²) >= 11 is 7.86. The SMILES string of the molecule is CCC1c2ccsc2CCN1C(=O)CN(C)Cc1c(F)cccc1Cl. The Morgan fingerprint density at radius 3 is 2.96 bits per heavy atom. The first-order chi connectivity index (χ1) is 12.0. The van der Waals surface area contributed by atoms with Crippen LogP contribution in [0.4, 0.5) is 4.39 Å². The third-order valence-electron chi connectivity index (χ3n) is 4.70. The normalized spacial score (nSPS) is 17.0. The van der Waals surface area contributed by atoms with Crippen LogP contribution in [0.3, 0.4) is 0 Å². The maximum absolute atomic E-state index is 13.9. The largest absolute Gasteiger partial charge is 0.334 e. The quantitative estimate of drug-likeness (QED) is 0.762. The van der Waals surface area contributed by atoms with E-state index in [1.54, 1.807) is 23.5 Å². The molecular weight excluding hydrogens is 359 g/mol. The highest BCUT2D eigenvalue weighted by molar-refractivity contribution is 7.10. The van der Waals surface area contributed by atoms with E-state index in [1.807, 2.05) is 16.8 Å². The van der Waals surface area contributed by atoms with Crippen molar-refractivity contribution in [3.8, 4) is 0 Å². The second kappa shape index (κ2) is 7.85. The second-order valence-corrected chi connectivity index (χ2v) is 7.84. The smallest absolute Gasteiger partial charge is 0.237 e. The van der Waals surface area contributed by atoms with Crippen LogP contribution < -0.4 is 0 Å². The average molecular weight is 381 g/mol. The second-order valence-electron chi connectivity index (χ2n) is 6.43. The maximum atomic E-state index is 13.9. The molecule has 1 aliphatic rings. The molecule has 0 bridgehead atoms. The van der Waals surface area contributed by atoms with Crippen molar-refractivity contribution in [3.05, 3.63) is 56.5 Å². The van der Waals surface area contributed by atoms with Crippen LogP contribution in [0, 0.1) is 5.82 Å². The number of nitrogens with zero attached hydrogens (tertiary/aromatic N) is 2. The van der Waals surface area contributed by atoms with Gasteiger partial charge in [-0.2, -0.15) is 0 Å². The number of hydrogen-bond acceptors (Lipinski definition) is 3.